The van der Waals surface area contributed by atoms with Gasteiger partial charge in [-0.25, -0.2) is 0 Å². The second-order valence-electron chi connectivity index (χ2n) is 3.06. The zero-order valence-corrected chi connectivity index (χ0v) is 5.93. The van der Waals surface area contributed by atoms with E-state index < -0.39 is 0 Å². The van der Waals surface area contributed by atoms with Crippen LogP contribution < -0.4 is 11.5 Å². The molecule has 0 aromatic carbocycles. The van der Waals surface area contributed by atoms with Gasteiger partial charge in [0, 0.05) is 18.8 Å². The lowest BCUT2D eigenvalue weighted by Gasteiger charge is -2.17. The SMILES string of the molecule is CN(CN)CC1(N)CC1. The first-order valence-corrected chi connectivity index (χ1v) is 3.34. The molecule has 1 saturated carbocycles. The molecule has 1 rings (SSSR count). The molecule has 0 aromatic rings. The topological polar surface area (TPSA) is 55.3 Å². The first-order valence-electron chi connectivity index (χ1n) is 3.34. The second kappa shape index (κ2) is 2.25. The lowest BCUT2D eigenvalue weighted by molar-refractivity contribution is 0.311. The van der Waals surface area contributed by atoms with Gasteiger partial charge in [0.25, 0.3) is 0 Å². The summed E-state index contributed by atoms with van der Waals surface area (Å²) in [5.41, 5.74) is 11.3. The second-order valence-corrected chi connectivity index (χ2v) is 3.06. The molecule has 1 aliphatic carbocycles. The minimum absolute atomic E-state index is 0.119. The number of rotatable bonds is 3. The molecule has 0 radical (unpaired) electrons. The van der Waals surface area contributed by atoms with Gasteiger partial charge in [-0.2, -0.15) is 0 Å². The molecule has 0 saturated heterocycles. The first kappa shape index (κ1) is 6.99. The van der Waals surface area contributed by atoms with Crippen molar-refractivity contribution in [1.29, 1.82) is 0 Å². The van der Waals surface area contributed by atoms with Gasteiger partial charge in [-0.05, 0) is 19.9 Å². The maximum atomic E-state index is 5.83. The van der Waals surface area contributed by atoms with Gasteiger partial charge in [-0.15, -0.1) is 0 Å². The summed E-state index contributed by atoms with van der Waals surface area (Å²) in [6.45, 7) is 1.56. The van der Waals surface area contributed by atoms with Crippen molar-refractivity contribution < 1.29 is 0 Å². The van der Waals surface area contributed by atoms with E-state index in [-0.39, 0.29) is 5.54 Å². The van der Waals surface area contributed by atoms with E-state index >= 15 is 0 Å². The largest absolute Gasteiger partial charge is 0.324 e. The van der Waals surface area contributed by atoms with E-state index in [9.17, 15) is 0 Å². The van der Waals surface area contributed by atoms with Crippen LogP contribution in [0.5, 0.6) is 0 Å². The van der Waals surface area contributed by atoms with Gasteiger partial charge in [-0.1, -0.05) is 0 Å². The summed E-state index contributed by atoms with van der Waals surface area (Å²) in [5, 5.41) is 0. The van der Waals surface area contributed by atoms with E-state index in [1.165, 1.54) is 0 Å². The maximum Gasteiger partial charge on any atom is 0.0453 e. The molecule has 0 heterocycles. The summed E-state index contributed by atoms with van der Waals surface area (Å²) in [4.78, 5) is 2.05. The molecule has 54 valence electrons. The van der Waals surface area contributed by atoms with Gasteiger partial charge in [0.05, 0.1) is 0 Å². The summed E-state index contributed by atoms with van der Waals surface area (Å²) in [5.74, 6) is 0. The number of hydrogen-bond acceptors (Lipinski definition) is 3. The van der Waals surface area contributed by atoms with Crippen molar-refractivity contribution in [3.8, 4) is 0 Å². The van der Waals surface area contributed by atoms with Gasteiger partial charge < -0.3 is 11.5 Å². The predicted octanol–water partition coefficient (Wildman–Crippen LogP) is -0.674. The van der Waals surface area contributed by atoms with Crippen LogP contribution in [0.2, 0.25) is 0 Å². The Morgan fingerprint density at radius 3 is 2.44 bits per heavy atom. The number of hydrogen-bond donors (Lipinski definition) is 2. The summed E-state index contributed by atoms with van der Waals surface area (Å²) in [7, 11) is 1.99. The van der Waals surface area contributed by atoms with Crippen molar-refractivity contribution >= 4 is 0 Å². The van der Waals surface area contributed by atoms with Gasteiger partial charge in [-0.3, -0.25) is 4.90 Å². The smallest absolute Gasteiger partial charge is 0.0453 e. The first-order chi connectivity index (χ1) is 4.16. The minimum atomic E-state index is 0.119. The summed E-state index contributed by atoms with van der Waals surface area (Å²) < 4.78 is 0. The quantitative estimate of drug-likeness (QED) is 0.497. The van der Waals surface area contributed by atoms with Crippen LogP contribution in [0.3, 0.4) is 0 Å². The molecule has 4 N–H and O–H groups in total. The van der Waals surface area contributed by atoms with Gasteiger partial charge >= 0.3 is 0 Å². The summed E-state index contributed by atoms with van der Waals surface area (Å²) in [6.07, 6.45) is 2.33. The Bertz CT molecular complexity index is 98.5. The molecular formula is C6H15N3. The Hall–Kier alpha value is -0.120. The monoisotopic (exact) mass is 129 g/mol. The molecule has 0 bridgehead atoms. The van der Waals surface area contributed by atoms with E-state index in [4.69, 9.17) is 11.5 Å². The molecule has 0 unspecified atom stereocenters. The Morgan fingerprint density at radius 1 is 1.56 bits per heavy atom. The van der Waals surface area contributed by atoms with Crippen LogP contribution in [-0.4, -0.2) is 30.7 Å². The molecule has 3 nitrogen and oxygen atoms in total. The molecule has 9 heavy (non-hydrogen) atoms. The van der Waals surface area contributed by atoms with Crippen LogP contribution in [-0.2, 0) is 0 Å². The predicted molar refractivity (Wildman–Crippen MR) is 37.8 cm³/mol. The summed E-state index contributed by atoms with van der Waals surface area (Å²) in [6, 6.07) is 0. The average Bonchev–Trinajstić information content (AvgIpc) is 2.48. The molecule has 1 aliphatic rings. The van der Waals surface area contributed by atoms with Gasteiger partial charge in [0.2, 0.25) is 0 Å². The fourth-order valence-corrected chi connectivity index (χ4v) is 0.921. The van der Waals surface area contributed by atoms with Crippen LogP contribution in [0.25, 0.3) is 0 Å². The Kier molecular flexibility index (Phi) is 1.75. The van der Waals surface area contributed by atoms with Crippen LogP contribution in [0.15, 0.2) is 0 Å². The van der Waals surface area contributed by atoms with Crippen LogP contribution in [0.1, 0.15) is 12.8 Å². The molecule has 3 heteroatoms. The number of nitrogens with zero attached hydrogens (tertiary/aromatic N) is 1. The van der Waals surface area contributed by atoms with Crippen LogP contribution in [0, 0.1) is 0 Å². The van der Waals surface area contributed by atoms with Crippen molar-refractivity contribution in [3.63, 3.8) is 0 Å². The van der Waals surface area contributed by atoms with Crippen molar-refractivity contribution in [2.45, 2.75) is 18.4 Å². The van der Waals surface area contributed by atoms with Crippen molar-refractivity contribution in [2.75, 3.05) is 20.3 Å². The standard InChI is InChI=1S/C6H15N3/c1-9(5-7)4-6(8)2-3-6/h2-5,7-8H2,1H3. The molecule has 1 fully saturated rings. The Balaban J connectivity index is 2.17. The highest BCUT2D eigenvalue weighted by Crippen LogP contribution is 2.32. The third-order valence-electron chi connectivity index (χ3n) is 1.79. The third-order valence-corrected chi connectivity index (χ3v) is 1.79. The number of likely N-dealkylation sites (N-methyl/N-ethyl adjacent to an activating group) is 1. The Morgan fingerprint density at radius 2 is 2.11 bits per heavy atom. The van der Waals surface area contributed by atoms with E-state index in [1.54, 1.807) is 0 Å². The van der Waals surface area contributed by atoms with Crippen molar-refractivity contribution in [1.82, 2.24) is 4.90 Å². The highest BCUT2D eigenvalue weighted by molar-refractivity contribution is 5.00. The number of nitrogens with two attached hydrogens (primary N) is 2. The molecule has 0 aliphatic heterocycles. The molecule has 0 atom stereocenters. The van der Waals surface area contributed by atoms with Crippen LogP contribution >= 0.6 is 0 Å². The fraction of sp³-hybridized carbons (Fsp3) is 1.00. The van der Waals surface area contributed by atoms with E-state index in [2.05, 4.69) is 0 Å². The minimum Gasteiger partial charge on any atom is -0.324 e. The highest BCUT2D eigenvalue weighted by atomic mass is 15.2. The van der Waals surface area contributed by atoms with Crippen LogP contribution in [0.4, 0.5) is 0 Å². The lowest BCUT2D eigenvalue weighted by atomic mass is 10.3. The fourth-order valence-electron chi connectivity index (χ4n) is 0.921. The molecular weight excluding hydrogens is 114 g/mol. The van der Waals surface area contributed by atoms with E-state index in [0.29, 0.717) is 6.67 Å². The van der Waals surface area contributed by atoms with E-state index in [0.717, 1.165) is 19.4 Å². The average molecular weight is 129 g/mol. The zero-order chi connectivity index (χ0) is 6.91. The Labute approximate surface area is 56.0 Å². The normalized spacial score (nSPS) is 22.7. The van der Waals surface area contributed by atoms with Gasteiger partial charge in [0.15, 0.2) is 0 Å². The molecule has 0 aromatic heterocycles. The van der Waals surface area contributed by atoms with Crippen molar-refractivity contribution in [3.05, 3.63) is 0 Å². The molecule has 0 amide bonds. The lowest BCUT2D eigenvalue weighted by Crippen LogP contribution is -2.39. The third kappa shape index (κ3) is 1.93. The van der Waals surface area contributed by atoms with Crippen molar-refractivity contribution in [2.24, 2.45) is 11.5 Å². The molecule has 0 spiro atoms. The van der Waals surface area contributed by atoms with Gasteiger partial charge in [0.1, 0.15) is 0 Å². The zero-order valence-electron chi connectivity index (χ0n) is 5.93. The highest BCUT2D eigenvalue weighted by Gasteiger charge is 2.38. The summed E-state index contributed by atoms with van der Waals surface area (Å²) >= 11 is 0. The van der Waals surface area contributed by atoms with E-state index in [1.807, 2.05) is 11.9 Å². The maximum absolute atomic E-state index is 5.83.